The number of carboxylic acid groups (broad SMARTS) is 1. The van der Waals surface area contributed by atoms with Gasteiger partial charge in [0.05, 0.1) is 23.2 Å². The van der Waals surface area contributed by atoms with Gasteiger partial charge in [0, 0.05) is 19.2 Å². The molecule has 1 heterocycles. The summed E-state index contributed by atoms with van der Waals surface area (Å²) in [6, 6.07) is 4.57. The van der Waals surface area contributed by atoms with Gasteiger partial charge in [-0.2, -0.15) is 0 Å². The van der Waals surface area contributed by atoms with E-state index >= 15 is 0 Å². The molecule has 1 aromatic carbocycles. The summed E-state index contributed by atoms with van der Waals surface area (Å²) in [4.78, 5) is 36.3. The lowest BCUT2D eigenvalue weighted by atomic mass is 10.1. The number of hydrogen-bond donors (Lipinski definition) is 2. The fourth-order valence-electron chi connectivity index (χ4n) is 2.39. The van der Waals surface area contributed by atoms with Crippen LogP contribution < -0.4 is 5.32 Å². The number of carboxylic acids is 1. The number of morpholine rings is 1. The fraction of sp³-hybridized carbons (Fsp3) is 0.400. The molecular formula is C15H17ClN2O5. The Kier molecular flexibility index (Phi) is 5.23. The van der Waals surface area contributed by atoms with Crippen molar-refractivity contribution in [2.24, 2.45) is 0 Å². The molecule has 1 aromatic rings. The molecule has 0 saturated carbocycles. The summed E-state index contributed by atoms with van der Waals surface area (Å²) in [5, 5.41) is 11.9. The summed E-state index contributed by atoms with van der Waals surface area (Å²) in [5.41, 5.74) is 0.650. The monoisotopic (exact) mass is 340 g/mol. The molecule has 124 valence electrons. The van der Waals surface area contributed by atoms with Gasteiger partial charge in [0.2, 0.25) is 5.91 Å². The molecular weight excluding hydrogens is 324 g/mol. The highest BCUT2D eigenvalue weighted by Gasteiger charge is 2.33. The van der Waals surface area contributed by atoms with E-state index in [-0.39, 0.29) is 29.6 Å². The van der Waals surface area contributed by atoms with Gasteiger partial charge in [-0.25, -0.2) is 4.79 Å². The summed E-state index contributed by atoms with van der Waals surface area (Å²) in [6.45, 7) is 3.27. The topological polar surface area (TPSA) is 95.9 Å². The Balaban J connectivity index is 2.25. The Morgan fingerprint density at radius 3 is 2.65 bits per heavy atom. The molecule has 1 fully saturated rings. The van der Waals surface area contributed by atoms with E-state index in [4.69, 9.17) is 21.4 Å². The van der Waals surface area contributed by atoms with Crippen LogP contribution in [0.2, 0.25) is 5.02 Å². The standard InChI is InChI=1S/C15H17ClN2O5/c1-8-6-18(7-13(23-8)15(21)22)14(20)11-5-10(17-9(2)19)3-4-12(11)16/h3-5,8,13H,6-7H2,1-2H3,(H,17,19)(H,21,22)/t8-,13?/m1/s1. The van der Waals surface area contributed by atoms with Crippen LogP contribution in [0.15, 0.2) is 18.2 Å². The van der Waals surface area contributed by atoms with Crippen molar-refractivity contribution >= 4 is 35.1 Å². The predicted octanol–water partition coefficient (Wildman–Crippen LogP) is 1.61. The van der Waals surface area contributed by atoms with Gasteiger partial charge in [-0.15, -0.1) is 0 Å². The highest BCUT2D eigenvalue weighted by atomic mass is 35.5. The first kappa shape index (κ1) is 17.2. The predicted molar refractivity (Wildman–Crippen MR) is 83.6 cm³/mol. The van der Waals surface area contributed by atoms with Crippen molar-refractivity contribution in [2.75, 3.05) is 18.4 Å². The van der Waals surface area contributed by atoms with Crippen LogP contribution in [0.3, 0.4) is 0 Å². The lowest BCUT2D eigenvalue weighted by molar-refractivity contribution is -0.160. The molecule has 2 N–H and O–H groups in total. The maximum absolute atomic E-state index is 12.7. The first-order valence-electron chi connectivity index (χ1n) is 7.02. The normalized spacial score (nSPS) is 20.9. The Bertz CT molecular complexity index is 649. The van der Waals surface area contributed by atoms with E-state index in [0.29, 0.717) is 5.69 Å². The quantitative estimate of drug-likeness (QED) is 0.871. The van der Waals surface area contributed by atoms with Gasteiger partial charge >= 0.3 is 5.97 Å². The lowest BCUT2D eigenvalue weighted by Crippen LogP contribution is -2.51. The van der Waals surface area contributed by atoms with Crippen LogP contribution in [0.4, 0.5) is 5.69 Å². The number of rotatable bonds is 3. The average Bonchev–Trinajstić information content (AvgIpc) is 2.47. The highest BCUT2D eigenvalue weighted by Crippen LogP contribution is 2.24. The summed E-state index contributed by atoms with van der Waals surface area (Å²) in [6.07, 6.45) is -1.47. The van der Waals surface area contributed by atoms with Crippen molar-refractivity contribution < 1.29 is 24.2 Å². The first-order valence-corrected chi connectivity index (χ1v) is 7.40. The van der Waals surface area contributed by atoms with E-state index in [1.54, 1.807) is 13.0 Å². The maximum Gasteiger partial charge on any atom is 0.334 e. The lowest BCUT2D eigenvalue weighted by Gasteiger charge is -2.35. The molecule has 0 spiro atoms. The third-order valence-electron chi connectivity index (χ3n) is 3.34. The molecule has 0 radical (unpaired) electrons. The number of carbonyl (C=O) groups is 3. The second-order valence-corrected chi connectivity index (χ2v) is 5.77. The number of carbonyl (C=O) groups excluding carboxylic acids is 2. The van der Waals surface area contributed by atoms with Gasteiger partial charge in [-0.1, -0.05) is 11.6 Å². The third kappa shape index (κ3) is 4.20. The van der Waals surface area contributed by atoms with Gasteiger partial charge < -0.3 is 20.1 Å². The van der Waals surface area contributed by atoms with Crippen molar-refractivity contribution in [1.29, 1.82) is 0 Å². The Morgan fingerprint density at radius 1 is 1.35 bits per heavy atom. The van der Waals surface area contributed by atoms with E-state index in [2.05, 4.69) is 5.32 Å². The molecule has 0 aromatic heterocycles. The van der Waals surface area contributed by atoms with E-state index in [1.807, 2.05) is 0 Å². The molecule has 2 amide bonds. The van der Waals surface area contributed by atoms with Crippen LogP contribution in [-0.4, -0.2) is 53.1 Å². The molecule has 2 rings (SSSR count). The minimum atomic E-state index is -1.12. The molecule has 1 aliphatic rings. The number of benzene rings is 1. The van der Waals surface area contributed by atoms with Crippen LogP contribution in [0, 0.1) is 0 Å². The van der Waals surface area contributed by atoms with Gasteiger partial charge in [-0.05, 0) is 25.1 Å². The van der Waals surface area contributed by atoms with E-state index in [9.17, 15) is 14.4 Å². The smallest absolute Gasteiger partial charge is 0.334 e. The average molecular weight is 341 g/mol. The molecule has 1 saturated heterocycles. The molecule has 8 heteroatoms. The van der Waals surface area contributed by atoms with E-state index in [1.165, 1.54) is 24.0 Å². The minimum absolute atomic E-state index is 0.0563. The van der Waals surface area contributed by atoms with Crippen molar-refractivity contribution in [3.8, 4) is 0 Å². The number of nitrogens with one attached hydrogen (secondary N) is 1. The van der Waals surface area contributed by atoms with Crippen LogP contribution in [0.5, 0.6) is 0 Å². The Morgan fingerprint density at radius 2 is 2.04 bits per heavy atom. The Labute approximate surface area is 138 Å². The number of amides is 2. The molecule has 23 heavy (non-hydrogen) atoms. The first-order chi connectivity index (χ1) is 10.8. The molecule has 7 nitrogen and oxygen atoms in total. The summed E-state index contributed by atoms with van der Waals surface area (Å²) >= 11 is 6.07. The summed E-state index contributed by atoms with van der Waals surface area (Å²) in [7, 11) is 0. The zero-order chi connectivity index (χ0) is 17.1. The molecule has 1 aliphatic heterocycles. The SMILES string of the molecule is CC(=O)Nc1ccc(Cl)c(C(=O)N2CC(C(=O)O)O[C@H](C)C2)c1. The zero-order valence-electron chi connectivity index (χ0n) is 12.7. The van der Waals surface area contributed by atoms with E-state index in [0.717, 1.165) is 0 Å². The Hall–Kier alpha value is -2.12. The van der Waals surface area contributed by atoms with Crippen molar-refractivity contribution in [1.82, 2.24) is 4.90 Å². The van der Waals surface area contributed by atoms with Gasteiger partial charge in [-0.3, -0.25) is 9.59 Å². The van der Waals surface area contributed by atoms with Crippen molar-refractivity contribution in [2.45, 2.75) is 26.1 Å². The number of aliphatic carboxylic acids is 1. The van der Waals surface area contributed by atoms with Gasteiger partial charge in [0.1, 0.15) is 0 Å². The molecule has 0 bridgehead atoms. The molecule has 1 unspecified atom stereocenters. The van der Waals surface area contributed by atoms with Crippen LogP contribution in [0.1, 0.15) is 24.2 Å². The molecule has 0 aliphatic carbocycles. The number of ether oxygens (including phenoxy) is 1. The number of hydrogen-bond acceptors (Lipinski definition) is 4. The van der Waals surface area contributed by atoms with Crippen molar-refractivity contribution in [3.63, 3.8) is 0 Å². The fourth-order valence-corrected chi connectivity index (χ4v) is 2.59. The van der Waals surface area contributed by atoms with Gasteiger partial charge in [0.15, 0.2) is 6.10 Å². The molecule has 2 atom stereocenters. The van der Waals surface area contributed by atoms with Gasteiger partial charge in [0.25, 0.3) is 5.91 Å². The number of nitrogens with zero attached hydrogens (tertiary/aromatic N) is 1. The van der Waals surface area contributed by atoms with Crippen LogP contribution in [0.25, 0.3) is 0 Å². The number of anilines is 1. The maximum atomic E-state index is 12.7. The summed E-state index contributed by atoms with van der Waals surface area (Å²) in [5.74, 6) is -1.78. The summed E-state index contributed by atoms with van der Waals surface area (Å²) < 4.78 is 5.29. The third-order valence-corrected chi connectivity index (χ3v) is 3.67. The van der Waals surface area contributed by atoms with Crippen LogP contribution >= 0.6 is 11.6 Å². The number of halogens is 1. The van der Waals surface area contributed by atoms with Crippen molar-refractivity contribution in [3.05, 3.63) is 28.8 Å². The second-order valence-electron chi connectivity index (χ2n) is 5.36. The second kappa shape index (κ2) is 6.97. The minimum Gasteiger partial charge on any atom is -0.479 e. The zero-order valence-corrected chi connectivity index (χ0v) is 13.5. The van der Waals surface area contributed by atoms with Crippen LogP contribution in [-0.2, 0) is 14.3 Å². The van der Waals surface area contributed by atoms with E-state index < -0.39 is 24.1 Å². The largest absolute Gasteiger partial charge is 0.479 e. The highest BCUT2D eigenvalue weighted by molar-refractivity contribution is 6.34.